The average Bonchev–Trinajstić information content (AvgIpc) is 2.69. The van der Waals surface area contributed by atoms with E-state index >= 15 is 0 Å². The van der Waals surface area contributed by atoms with E-state index in [1.807, 2.05) is 11.0 Å². The van der Waals surface area contributed by atoms with Crippen LogP contribution >= 0.6 is 0 Å². The first-order valence-corrected chi connectivity index (χ1v) is 8.91. The molecule has 2 amide bonds. The zero-order valence-corrected chi connectivity index (χ0v) is 15.8. The van der Waals surface area contributed by atoms with Gasteiger partial charge >= 0.3 is 0 Å². The van der Waals surface area contributed by atoms with Crippen molar-refractivity contribution >= 4 is 28.9 Å². The van der Waals surface area contributed by atoms with E-state index in [4.69, 9.17) is 0 Å². The van der Waals surface area contributed by atoms with Crippen molar-refractivity contribution in [3.05, 3.63) is 65.3 Å². The molecule has 0 N–H and O–H groups in total. The molecule has 2 aromatic rings. The van der Waals surface area contributed by atoms with Gasteiger partial charge in [0.05, 0.1) is 24.0 Å². The Hall–Kier alpha value is -3.86. The molecule has 0 saturated carbocycles. The topological polar surface area (TPSA) is 89.7 Å². The first-order chi connectivity index (χ1) is 13.9. The lowest BCUT2D eigenvalue weighted by Crippen LogP contribution is -2.52. The Morgan fingerprint density at radius 3 is 2.69 bits per heavy atom. The van der Waals surface area contributed by atoms with Gasteiger partial charge in [0.1, 0.15) is 17.6 Å². The number of rotatable bonds is 2. The number of fused-ring (bicyclic) bond motifs is 1. The summed E-state index contributed by atoms with van der Waals surface area (Å²) >= 11 is 0. The highest BCUT2D eigenvalue weighted by Gasteiger charge is 2.36. The van der Waals surface area contributed by atoms with E-state index in [0.717, 1.165) is 0 Å². The number of carbonyl (C=O) groups excluding carboxylic acids is 2. The minimum absolute atomic E-state index is 0.142. The Labute approximate surface area is 166 Å². The van der Waals surface area contributed by atoms with Crippen LogP contribution in [-0.4, -0.2) is 40.1 Å². The normalized spacial score (nSPS) is 18.4. The molecule has 0 saturated heterocycles. The summed E-state index contributed by atoms with van der Waals surface area (Å²) in [6.07, 6.45) is 4.35. The van der Waals surface area contributed by atoms with Crippen molar-refractivity contribution in [2.45, 2.75) is 19.9 Å². The van der Waals surface area contributed by atoms with Crippen molar-refractivity contribution in [3.63, 3.8) is 0 Å². The van der Waals surface area contributed by atoms with Crippen molar-refractivity contribution in [2.24, 2.45) is 4.99 Å². The summed E-state index contributed by atoms with van der Waals surface area (Å²) in [4.78, 5) is 36.2. The van der Waals surface area contributed by atoms with Crippen LogP contribution in [0.5, 0.6) is 0 Å². The predicted octanol–water partition coefficient (Wildman–Crippen LogP) is 2.88. The van der Waals surface area contributed by atoms with Crippen LogP contribution in [0, 0.1) is 24.1 Å². The molecule has 2 aliphatic heterocycles. The third-order valence-electron chi connectivity index (χ3n) is 4.99. The largest absolute Gasteiger partial charge is 0.322 e. The number of aromatic nitrogens is 1. The van der Waals surface area contributed by atoms with Gasteiger partial charge in [0.2, 0.25) is 0 Å². The van der Waals surface area contributed by atoms with Crippen LogP contribution in [0.25, 0.3) is 0 Å². The molecule has 0 fully saturated rings. The van der Waals surface area contributed by atoms with E-state index in [-0.39, 0.29) is 30.0 Å². The fraction of sp³-hybridized carbons (Fsp3) is 0.190. The number of benzene rings is 1. The van der Waals surface area contributed by atoms with Gasteiger partial charge in [-0.25, -0.2) is 14.4 Å². The monoisotopic (exact) mass is 389 g/mol. The number of aliphatic imine (C=N–C) groups is 1. The van der Waals surface area contributed by atoms with Crippen molar-refractivity contribution < 1.29 is 14.0 Å². The number of halogens is 1. The first-order valence-electron chi connectivity index (χ1n) is 8.91. The van der Waals surface area contributed by atoms with Gasteiger partial charge in [-0.15, -0.1) is 0 Å². The van der Waals surface area contributed by atoms with E-state index in [1.54, 1.807) is 37.0 Å². The molecule has 0 bridgehead atoms. The lowest BCUT2D eigenvalue weighted by Gasteiger charge is -2.41. The van der Waals surface area contributed by atoms with Crippen molar-refractivity contribution in [1.29, 1.82) is 5.26 Å². The Morgan fingerprint density at radius 2 is 2.00 bits per heavy atom. The third-order valence-corrected chi connectivity index (χ3v) is 4.99. The van der Waals surface area contributed by atoms with Crippen LogP contribution in [0.2, 0.25) is 0 Å². The van der Waals surface area contributed by atoms with Gasteiger partial charge in [0.25, 0.3) is 11.8 Å². The summed E-state index contributed by atoms with van der Waals surface area (Å²) in [6, 6.07) is 7.43. The number of hydrogen-bond acceptors (Lipinski definition) is 5. The van der Waals surface area contributed by atoms with Gasteiger partial charge in [-0.05, 0) is 43.7 Å². The molecule has 4 rings (SSSR count). The first kappa shape index (κ1) is 18.5. The molecule has 7 nitrogen and oxygen atoms in total. The Bertz CT molecular complexity index is 1150. The smallest absolute Gasteiger partial charge is 0.269 e. The second-order valence-corrected chi connectivity index (χ2v) is 6.87. The van der Waals surface area contributed by atoms with Gasteiger partial charge in [0.15, 0.2) is 0 Å². The molecule has 3 heterocycles. The third kappa shape index (κ3) is 3.17. The summed E-state index contributed by atoms with van der Waals surface area (Å²) in [5.41, 5.74) is 2.91. The van der Waals surface area contributed by atoms with E-state index < -0.39 is 6.04 Å². The number of anilines is 2. The zero-order chi connectivity index (χ0) is 20.7. The van der Waals surface area contributed by atoms with Crippen LogP contribution in [0.3, 0.4) is 0 Å². The molecule has 1 aromatic carbocycles. The molecule has 1 atom stereocenters. The van der Waals surface area contributed by atoms with Crippen LogP contribution in [0.4, 0.5) is 15.8 Å². The SMILES string of the molecule is CC1=NC(=O)C=CC1N1CN(c2ccc(F)cc2C)c2cc(C#N)ncc2C1=O. The quantitative estimate of drug-likeness (QED) is 0.788. The lowest BCUT2D eigenvalue weighted by molar-refractivity contribution is -0.113. The summed E-state index contributed by atoms with van der Waals surface area (Å²) in [5.74, 6) is -1.01. The molecule has 0 aliphatic carbocycles. The highest BCUT2D eigenvalue weighted by molar-refractivity contribution is 6.09. The van der Waals surface area contributed by atoms with Gasteiger partial charge in [-0.1, -0.05) is 6.08 Å². The molecule has 2 aliphatic rings. The summed E-state index contributed by atoms with van der Waals surface area (Å²) in [6.45, 7) is 3.61. The highest BCUT2D eigenvalue weighted by Crippen LogP contribution is 2.36. The Kier molecular flexibility index (Phi) is 4.43. The van der Waals surface area contributed by atoms with Gasteiger partial charge in [-0.2, -0.15) is 5.26 Å². The summed E-state index contributed by atoms with van der Waals surface area (Å²) in [5, 5.41) is 9.24. The summed E-state index contributed by atoms with van der Waals surface area (Å²) < 4.78 is 13.7. The minimum atomic E-state index is -0.493. The van der Waals surface area contributed by atoms with Crippen molar-refractivity contribution in [2.75, 3.05) is 11.6 Å². The van der Waals surface area contributed by atoms with Gasteiger partial charge in [0, 0.05) is 23.7 Å². The van der Waals surface area contributed by atoms with E-state index in [1.165, 1.54) is 24.4 Å². The maximum absolute atomic E-state index is 13.7. The molecular weight excluding hydrogens is 373 g/mol. The number of dihydropyridines is 1. The van der Waals surface area contributed by atoms with Crippen molar-refractivity contribution in [3.8, 4) is 6.07 Å². The number of pyridine rings is 1. The Morgan fingerprint density at radius 1 is 1.21 bits per heavy atom. The molecule has 1 aromatic heterocycles. The van der Waals surface area contributed by atoms with E-state index in [2.05, 4.69) is 9.98 Å². The summed E-state index contributed by atoms with van der Waals surface area (Å²) in [7, 11) is 0. The second kappa shape index (κ2) is 6.95. The number of nitriles is 1. The standard InChI is InChI=1S/C21H16FN5O2/c1-12-7-14(22)3-4-17(12)26-11-27(18-5-6-20(28)25-13(18)2)21(29)16-10-24-15(9-23)8-19(16)26/h3-8,10,18H,11H2,1-2H3. The minimum Gasteiger partial charge on any atom is -0.322 e. The Balaban J connectivity index is 1.86. The highest BCUT2D eigenvalue weighted by atomic mass is 19.1. The fourth-order valence-electron chi connectivity index (χ4n) is 3.60. The van der Waals surface area contributed by atoms with Gasteiger partial charge < -0.3 is 9.80 Å². The molecular formula is C21H16FN5O2. The molecule has 8 heteroatoms. The molecule has 1 unspecified atom stereocenters. The number of nitrogens with zero attached hydrogens (tertiary/aromatic N) is 5. The molecule has 0 spiro atoms. The predicted molar refractivity (Wildman–Crippen MR) is 104 cm³/mol. The fourth-order valence-corrected chi connectivity index (χ4v) is 3.60. The zero-order valence-electron chi connectivity index (χ0n) is 15.8. The maximum Gasteiger partial charge on any atom is 0.269 e. The maximum atomic E-state index is 13.7. The van der Waals surface area contributed by atoms with Crippen LogP contribution < -0.4 is 4.90 Å². The molecule has 29 heavy (non-hydrogen) atoms. The van der Waals surface area contributed by atoms with E-state index in [0.29, 0.717) is 28.2 Å². The van der Waals surface area contributed by atoms with Crippen LogP contribution in [0.1, 0.15) is 28.5 Å². The number of carbonyl (C=O) groups is 2. The molecule has 0 radical (unpaired) electrons. The molecule has 144 valence electrons. The van der Waals surface area contributed by atoms with Crippen LogP contribution in [-0.2, 0) is 4.79 Å². The lowest BCUT2D eigenvalue weighted by atomic mass is 10.0. The van der Waals surface area contributed by atoms with Gasteiger partial charge in [-0.3, -0.25) is 9.59 Å². The number of hydrogen-bond donors (Lipinski definition) is 0. The average molecular weight is 389 g/mol. The van der Waals surface area contributed by atoms with E-state index in [9.17, 15) is 19.2 Å². The second-order valence-electron chi connectivity index (χ2n) is 6.87. The van der Waals surface area contributed by atoms with Crippen LogP contribution in [0.15, 0.2) is 47.6 Å². The number of aryl methyl sites for hydroxylation is 1. The number of amides is 2. The van der Waals surface area contributed by atoms with Crippen molar-refractivity contribution in [1.82, 2.24) is 9.88 Å².